The van der Waals surface area contributed by atoms with Crippen molar-refractivity contribution in [3.8, 4) is 11.4 Å². The molecule has 0 aliphatic heterocycles. The van der Waals surface area contributed by atoms with Crippen molar-refractivity contribution in [1.82, 2.24) is 25.1 Å². The highest BCUT2D eigenvalue weighted by molar-refractivity contribution is 5.78. The Morgan fingerprint density at radius 2 is 1.88 bits per heavy atom. The van der Waals surface area contributed by atoms with Crippen molar-refractivity contribution in [2.75, 3.05) is 13.7 Å². The van der Waals surface area contributed by atoms with E-state index in [0.29, 0.717) is 5.75 Å². The minimum Gasteiger partial charge on any atom is -0.484 e. The summed E-state index contributed by atoms with van der Waals surface area (Å²) in [6.07, 6.45) is 1.49. The van der Waals surface area contributed by atoms with Gasteiger partial charge in [-0.05, 0) is 59.3 Å². The lowest BCUT2D eigenvalue weighted by molar-refractivity contribution is -0.134. The molecule has 134 valence electrons. The standard InChI is InChI=1S/C18H18FN5O2/c1-13(14-3-5-15(19)6-4-14)23(2)18(25)11-26-17-9-7-16(8-10-17)24-12-20-21-22-24/h3-10,12-13H,11H2,1-2H3. The van der Waals surface area contributed by atoms with Crippen molar-refractivity contribution in [2.45, 2.75) is 13.0 Å². The van der Waals surface area contributed by atoms with Crippen LogP contribution in [0, 0.1) is 5.82 Å². The molecule has 0 bridgehead atoms. The van der Waals surface area contributed by atoms with Gasteiger partial charge in [0, 0.05) is 7.05 Å². The van der Waals surface area contributed by atoms with E-state index in [0.717, 1.165) is 11.3 Å². The number of carbonyl (C=O) groups is 1. The molecule has 0 fully saturated rings. The van der Waals surface area contributed by atoms with Gasteiger partial charge in [-0.15, -0.1) is 5.10 Å². The van der Waals surface area contributed by atoms with Crippen molar-refractivity contribution in [3.05, 3.63) is 66.2 Å². The maximum atomic E-state index is 13.0. The number of ether oxygens (including phenoxy) is 1. The Morgan fingerprint density at radius 1 is 1.19 bits per heavy atom. The summed E-state index contributed by atoms with van der Waals surface area (Å²) in [4.78, 5) is 13.9. The molecule has 0 spiro atoms. The van der Waals surface area contributed by atoms with Gasteiger partial charge in [0.2, 0.25) is 0 Å². The van der Waals surface area contributed by atoms with Crippen LogP contribution in [0.4, 0.5) is 4.39 Å². The van der Waals surface area contributed by atoms with Crippen LogP contribution in [0.15, 0.2) is 54.9 Å². The van der Waals surface area contributed by atoms with Gasteiger partial charge >= 0.3 is 0 Å². The maximum absolute atomic E-state index is 13.0. The van der Waals surface area contributed by atoms with Crippen molar-refractivity contribution in [2.24, 2.45) is 0 Å². The van der Waals surface area contributed by atoms with E-state index in [9.17, 15) is 9.18 Å². The van der Waals surface area contributed by atoms with Crippen molar-refractivity contribution in [3.63, 3.8) is 0 Å². The Morgan fingerprint density at radius 3 is 2.50 bits per heavy atom. The van der Waals surface area contributed by atoms with Gasteiger partial charge in [0.05, 0.1) is 11.7 Å². The average Bonchev–Trinajstić information content (AvgIpc) is 3.20. The molecule has 7 nitrogen and oxygen atoms in total. The molecular weight excluding hydrogens is 337 g/mol. The molecule has 3 rings (SSSR count). The molecule has 26 heavy (non-hydrogen) atoms. The zero-order valence-electron chi connectivity index (χ0n) is 14.4. The zero-order valence-corrected chi connectivity index (χ0v) is 14.4. The molecule has 0 aliphatic carbocycles. The summed E-state index contributed by atoms with van der Waals surface area (Å²) in [7, 11) is 1.69. The molecule has 1 amide bonds. The van der Waals surface area contributed by atoms with E-state index in [-0.39, 0.29) is 24.4 Å². The summed E-state index contributed by atoms with van der Waals surface area (Å²) in [5.41, 5.74) is 1.64. The minimum absolute atomic E-state index is 0.0910. The fourth-order valence-corrected chi connectivity index (χ4v) is 2.40. The lowest BCUT2D eigenvalue weighted by Crippen LogP contribution is -2.33. The van der Waals surface area contributed by atoms with E-state index in [1.54, 1.807) is 48.3 Å². The number of nitrogens with zero attached hydrogens (tertiary/aromatic N) is 5. The number of halogens is 1. The maximum Gasteiger partial charge on any atom is 0.260 e. The Hall–Kier alpha value is -3.29. The molecular formula is C18H18FN5O2. The number of likely N-dealkylation sites (N-methyl/N-ethyl adjacent to an activating group) is 1. The Balaban J connectivity index is 1.56. The fraction of sp³-hybridized carbons (Fsp3) is 0.222. The van der Waals surface area contributed by atoms with Crippen LogP contribution in [0.25, 0.3) is 5.69 Å². The quantitative estimate of drug-likeness (QED) is 0.679. The zero-order chi connectivity index (χ0) is 18.5. The van der Waals surface area contributed by atoms with Gasteiger partial charge in [0.25, 0.3) is 5.91 Å². The highest BCUT2D eigenvalue weighted by atomic mass is 19.1. The summed E-state index contributed by atoms with van der Waals surface area (Å²) in [5, 5.41) is 11.0. The molecule has 3 aromatic rings. The topological polar surface area (TPSA) is 73.1 Å². The lowest BCUT2D eigenvalue weighted by atomic mass is 10.1. The van der Waals surface area contributed by atoms with E-state index in [4.69, 9.17) is 4.74 Å². The molecule has 1 unspecified atom stereocenters. The van der Waals surface area contributed by atoms with Crippen LogP contribution in [0.1, 0.15) is 18.5 Å². The van der Waals surface area contributed by atoms with E-state index >= 15 is 0 Å². The molecule has 0 aliphatic rings. The second-order valence-electron chi connectivity index (χ2n) is 5.77. The molecule has 1 atom stereocenters. The molecule has 0 saturated heterocycles. The summed E-state index contributed by atoms with van der Waals surface area (Å²) in [6.45, 7) is 1.79. The van der Waals surface area contributed by atoms with E-state index < -0.39 is 0 Å². The first-order valence-electron chi connectivity index (χ1n) is 8.02. The third-order valence-corrected chi connectivity index (χ3v) is 4.14. The fourth-order valence-electron chi connectivity index (χ4n) is 2.40. The summed E-state index contributed by atoms with van der Waals surface area (Å²) >= 11 is 0. The van der Waals surface area contributed by atoms with Gasteiger partial charge in [-0.3, -0.25) is 4.79 Å². The summed E-state index contributed by atoms with van der Waals surface area (Å²) < 4.78 is 20.1. The average molecular weight is 355 g/mol. The second-order valence-corrected chi connectivity index (χ2v) is 5.77. The Kier molecular flexibility index (Phi) is 5.21. The number of benzene rings is 2. The van der Waals surface area contributed by atoms with E-state index in [2.05, 4.69) is 15.5 Å². The second kappa shape index (κ2) is 7.73. The smallest absolute Gasteiger partial charge is 0.260 e. The lowest BCUT2D eigenvalue weighted by Gasteiger charge is -2.25. The summed E-state index contributed by atoms with van der Waals surface area (Å²) in [5.74, 6) is 0.0905. The predicted molar refractivity (Wildman–Crippen MR) is 92.2 cm³/mol. The molecule has 0 radical (unpaired) electrons. The largest absolute Gasteiger partial charge is 0.484 e. The highest BCUT2D eigenvalue weighted by Gasteiger charge is 2.18. The molecule has 0 N–H and O–H groups in total. The monoisotopic (exact) mass is 355 g/mol. The SMILES string of the molecule is CC(c1ccc(F)cc1)N(C)C(=O)COc1ccc(-n2cnnn2)cc1. The van der Waals surface area contributed by atoms with Crippen LogP contribution in [-0.4, -0.2) is 44.7 Å². The van der Waals surface area contributed by atoms with Crippen molar-refractivity contribution >= 4 is 5.91 Å². The van der Waals surface area contributed by atoms with Gasteiger partial charge in [0.15, 0.2) is 6.61 Å². The summed E-state index contributed by atoms with van der Waals surface area (Å²) in [6, 6.07) is 13.0. The van der Waals surface area contributed by atoms with Crippen molar-refractivity contribution < 1.29 is 13.9 Å². The molecule has 1 aromatic heterocycles. The normalized spacial score (nSPS) is 11.8. The highest BCUT2D eigenvalue weighted by Crippen LogP contribution is 2.20. The predicted octanol–water partition coefficient (Wildman–Crippen LogP) is 2.40. The third kappa shape index (κ3) is 4.02. The third-order valence-electron chi connectivity index (χ3n) is 4.14. The molecule has 1 heterocycles. The first kappa shape index (κ1) is 17.5. The number of carbonyl (C=O) groups excluding carboxylic acids is 1. The van der Waals surface area contributed by atoms with Crippen LogP contribution < -0.4 is 4.74 Å². The van der Waals surface area contributed by atoms with Crippen molar-refractivity contribution in [1.29, 1.82) is 0 Å². The number of amides is 1. The number of hydrogen-bond acceptors (Lipinski definition) is 5. The van der Waals surface area contributed by atoms with Crippen LogP contribution in [0.5, 0.6) is 5.75 Å². The number of aromatic nitrogens is 4. The first-order valence-corrected chi connectivity index (χ1v) is 8.02. The molecule has 0 saturated carbocycles. The van der Waals surface area contributed by atoms with Crippen LogP contribution in [-0.2, 0) is 4.79 Å². The van der Waals surface area contributed by atoms with E-state index in [1.165, 1.54) is 23.1 Å². The van der Waals surface area contributed by atoms with Gasteiger partial charge < -0.3 is 9.64 Å². The van der Waals surface area contributed by atoms with E-state index in [1.807, 2.05) is 6.92 Å². The minimum atomic E-state index is -0.302. The van der Waals surface area contributed by atoms with Gasteiger partial charge in [0.1, 0.15) is 17.9 Å². The Labute approximate surface area is 150 Å². The van der Waals surface area contributed by atoms with Crippen LogP contribution >= 0.6 is 0 Å². The van der Waals surface area contributed by atoms with Gasteiger partial charge in [-0.2, -0.15) is 0 Å². The molecule has 8 heteroatoms. The van der Waals surface area contributed by atoms with Crippen LogP contribution in [0.3, 0.4) is 0 Å². The first-order chi connectivity index (χ1) is 12.5. The number of rotatable bonds is 6. The number of hydrogen-bond donors (Lipinski definition) is 0. The van der Waals surface area contributed by atoms with Crippen LogP contribution in [0.2, 0.25) is 0 Å². The number of tetrazole rings is 1. The Bertz CT molecular complexity index is 850. The van der Waals surface area contributed by atoms with Gasteiger partial charge in [-0.25, -0.2) is 9.07 Å². The van der Waals surface area contributed by atoms with Gasteiger partial charge in [-0.1, -0.05) is 12.1 Å². The molecule has 2 aromatic carbocycles.